The van der Waals surface area contributed by atoms with Gasteiger partial charge in [0.15, 0.2) is 11.5 Å². The number of methoxy groups -OCH3 is 1. The van der Waals surface area contributed by atoms with Crippen LogP contribution in [-0.4, -0.2) is 36.9 Å². The van der Waals surface area contributed by atoms with Crippen molar-refractivity contribution in [2.24, 2.45) is 0 Å². The average Bonchev–Trinajstić information content (AvgIpc) is 2.44. The fourth-order valence-corrected chi connectivity index (χ4v) is 2.16. The van der Waals surface area contributed by atoms with Crippen molar-refractivity contribution in [1.29, 1.82) is 0 Å². The second kappa shape index (κ2) is 7.88. The summed E-state index contributed by atoms with van der Waals surface area (Å²) in [5, 5.41) is 12.3. The summed E-state index contributed by atoms with van der Waals surface area (Å²) in [5.41, 5.74) is 0.194. The predicted molar refractivity (Wildman–Crippen MR) is 82.2 cm³/mol. The number of rotatable bonds is 9. The molecule has 1 aromatic carbocycles. The lowest BCUT2D eigenvalue weighted by Crippen LogP contribution is -2.49. The van der Waals surface area contributed by atoms with Crippen LogP contribution in [0, 0.1) is 6.92 Å². The quantitative estimate of drug-likeness (QED) is 0.685. The Morgan fingerprint density at radius 3 is 2.67 bits per heavy atom. The van der Waals surface area contributed by atoms with E-state index in [1.54, 1.807) is 14.0 Å². The molecule has 0 aliphatic heterocycles. The summed E-state index contributed by atoms with van der Waals surface area (Å²) in [6.45, 7) is 6.66. The molecule has 0 radical (unpaired) electrons. The molecule has 5 heteroatoms. The third-order valence-electron chi connectivity index (χ3n) is 3.44. The monoisotopic (exact) mass is 295 g/mol. The molecule has 5 nitrogen and oxygen atoms in total. The van der Waals surface area contributed by atoms with E-state index in [1.807, 2.05) is 32.0 Å². The number of carboxylic acids is 1. The van der Waals surface area contributed by atoms with Crippen molar-refractivity contribution in [2.45, 2.75) is 39.2 Å². The first kappa shape index (κ1) is 17.3. The minimum Gasteiger partial charge on any atom is -0.493 e. The van der Waals surface area contributed by atoms with Crippen molar-refractivity contribution in [1.82, 2.24) is 5.32 Å². The molecule has 21 heavy (non-hydrogen) atoms. The summed E-state index contributed by atoms with van der Waals surface area (Å²) in [6.07, 6.45) is 1.15. The van der Waals surface area contributed by atoms with Gasteiger partial charge in [-0.3, -0.25) is 4.79 Å². The van der Waals surface area contributed by atoms with E-state index in [0.717, 1.165) is 5.56 Å². The van der Waals surface area contributed by atoms with Crippen LogP contribution in [0.1, 0.15) is 32.3 Å². The van der Waals surface area contributed by atoms with Gasteiger partial charge in [0, 0.05) is 0 Å². The highest BCUT2D eigenvalue weighted by Gasteiger charge is 2.31. The summed E-state index contributed by atoms with van der Waals surface area (Å²) in [5.74, 6) is 0.545. The Balaban J connectivity index is 2.52. The van der Waals surface area contributed by atoms with Gasteiger partial charge in [-0.15, -0.1) is 0 Å². The second-order valence-corrected chi connectivity index (χ2v) is 5.27. The zero-order valence-electron chi connectivity index (χ0n) is 13.2. The van der Waals surface area contributed by atoms with Crippen LogP contribution < -0.4 is 14.8 Å². The zero-order chi connectivity index (χ0) is 15.9. The summed E-state index contributed by atoms with van der Waals surface area (Å²) >= 11 is 0. The van der Waals surface area contributed by atoms with Crippen molar-refractivity contribution in [2.75, 3.05) is 20.3 Å². The Kier molecular flexibility index (Phi) is 6.49. The minimum absolute atomic E-state index is 0.452. The van der Waals surface area contributed by atoms with Crippen LogP contribution >= 0.6 is 0 Å². The molecular weight excluding hydrogens is 270 g/mol. The first-order valence-corrected chi connectivity index (χ1v) is 7.19. The third kappa shape index (κ3) is 4.93. The molecule has 1 rings (SSSR count). The number of hydrogen-bond acceptors (Lipinski definition) is 4. The van der Waals surface area contributed by atoms with Crippen LogP contribution in [-0.2, 0) is 4.79 Å². The van der Waals surface area contributed by atoms with E-state index in [4.69, 9.17) is 9.47 Å². The lowest BCUT2D eigenvalue weighted by molar-refractivity contribution is -0.144. The number of nitrogens with one attached hydrogen (secondary N) is 1. The zero-order valence-corrected chi connectivity index (χ0v) is 13.2. The number of benzene rings is 1. The summed E-state index contributed by atoms with van der Waals surface area (Å²) in [7, 11) is 1.61. The van der Waals surface area contributed by atoms with Gasteiger partial charge in [-0.05, 0) is 50.9 Å². The second-order valence-electron chi connectivity index (χ2n) is 5.27. The van der Waals surface area contributed by atoms with Crippen LogP contribution in [0.3, 0.4) is 0 Å². The van der Waals surface area contributed by atoms with Gasteiger partial charge in [-0.1, -0.05) is 13.0 Å². The van der Waals surface area contributed by atoms with Gasteiger partial charge in [-0.2, -0.15) is 0 Å². The molecule has 0 aromatic heterocycles. The molecule has 0 aliphatic rings. The molecule has 1 unspecified atom stereocenters. The molecule has 0 heterocycles. The highest BCUT2D eigenvalue weighted by molar-refractivity contribution is 5.78. The summed E-state index contributed by atoms with van der Waals surface area (Å²) in [6, 6.07) is 5.74. The van der Waals surface area contributed by atoms with E-state index in [-0.39, 0.29) is 0 Å². The Hall–Kier alpha value is -1.75. The first-order valence-electron chi connectivity index (χ1n) is 7.19. The van der Waals surface area contributed by atoms with Crippen LogP contribution in [0.2, 0.25) is 0 Å². The molecule has 0 amide bonds. The third-order valence-corrected chi connectivity index (χ3v) is 3.44. The predicted octanol–water partition coefficient (Wildman–Crippen LogP) is 2.62. The molecule has 0 fully saturated rings. The maximum atomic E-state index is 11.3. The molecule has 0 saturated carbocycles. The van der Waals surface area contributed by atoms with Gasteiger partial charge in [0.1, 0.15) is 5.54 Å². The van der Waals surface area contributed by atoms with Gasteiger partial charge >= 0.3 is 5.97 Å². The standard InChI is InChI=1S/C16H25NO4/c1-5-17-16(3,15(18)19)9-6-10-21-13-8-7-12(2)11-14(13)20-4/h7-8,11,17H,5-6,9-10H2,1-4H3,(H,18,19). The van der Waals surface area contributed by atoms with E-state index < -0.39 is 11.5 Å². The molecule has 2 N–H and O–H groups in total. The van der Waals surface area contributed by atoms with Gasteiger partial charge < -0.3 is 19.9 Å². The van der Waals surface area contributed by atoms with Crippen LogP contribution in [0.15, 0.2) is 18.2 Å². The number of likely N-dealkylation sites (N-methyl/N-ethyl adjacent to an activating group) is 1. The van der Waals surface area contributed by atoms with Crippen molar-refractivity contribution < 1.29 is 19.4 Å². The Labute approximate surface area is 126 Å². The number of carboxylic acid groups (broad SMARTS) is 1. The van der Waals surface area contributed by atoms with Crippen molar-refractivity contribution in [3.8, 4) is 11.5 Å². The number of ether oxygens (including phenoxy) is 2. The molecular formula is C16H25NO4. The molecule has 0 spiro atoms. The molecule has 0 bridgehead atoms. The maximum Gasteiger partial charge on any atom is 0.323 e. The minimum atomic E-state index is -0.907. The van der Waals surface area contributed by atoms with Gasteiger partial charge in [0.05, 0.1) is 13.7 Å². The van der Waals surface area contributed by atoms with E-state index in [0.29, 0.717) is 37.5 Å². The number of carbonyl (C=O) groups is 1. The van der Waals surface area contributed by atoms with Crippen LogP contribution in [0.25, 0.3) is 0 Å². The van der Waals surface area contributed by atoms with Gasteiger partial charge in [0.25, 0.3) is 0 Å². The number of hydrogen-bond donors (Lipinski definition) is 2. The van der Waals surface area contributed by atoms with E-state index in [2.05, 4.69) is 5.32 Å². The average molecular weight is 295 g/mol. The Morgan fingerprint density at radius 1 is 1.38 bits per heavy atom. The molecule has 0 saturated heterocycles. The van der Waals surface area contributed by atoms with Crippen LogP contribution in [0.5, 0.6) is 11.5 Å². The van der Waals surface area contributed by atoms with E-state index in [9.17, 15) is 9.90 Å². The molecule has 1 aromatic rings. The Morgan fingerprint density at radius 2 is 2.10 bits per heavy atom. The lowest BCUT2D eigenvalue weighted by Gasteiger charge is -2.25. The maximum absolute atomic E-state index is 11.3. The van der Waals surface area contributed by atoms with Crippen molar-refractivity contribution in [3.05, 3.63) is 23.8 Å². The van der Waals surface area contributed by atoms with Crippen molar-refractivity contribution >= 4 is 5.97 Å². The van der Waals surface area contributed by atoms with Gasteiger partial charge in [0.2, 0.25) is 0 Å². The van der Waals surface area contributed by atoms with Crippen LogP contribution in [0.4, 0.5) is 0 Å². The number of aliphatic carboxylic acids is 1. The highest BCUT2D eigenvalue weighted by atomic mass is 16.5. The highest BCUT2D eigenvalue weighted by Crippen LogP contribution is 2.28. The number of aryl methyl sites for hydroxylation is 1. The molecule has 1 atom stereocenters. The SMILES string of the molecule is CCNC(C)(CCCOc1ccc(C)cc1OC)C(=O)O. The topological polar surface area (TPSA) is 67.8 Å². The van der Waals surface area contributed by atoms with E-state index in [1.165, 1.54) is 0 Å². The fraction of sp³-hybridized carbons (Fsp3) is 0.562. The molecule has 118 valence electrons. The van der Waals surface area contributed by atoms with Crippen molar-refractivity contribution in [3.63, 3.8) is 0 Å². The summed E-state index contributed by atoms with van der Waals surface area (Å²) < 4.78 is 11.0. The summed E-state index contributed by atoms with van der Waals surface area (Å²) in [4.78, 5) is 11.3. The fourth-order valence-electron chi connectivity index (χ4n) is 2.16. The first-order chi connectivity index (χ1) is 9.92. The molecule has 0 aliphatic carbocycles. The lowest BCUT2D eigenvalue weighted by atomic mass is 9.96. The van der Waals surface area contributed by atoms with Gasteiger partial charge in [-0.25, -0.2) is 0 Å². The smallest absolute Gasteiger partial charge is 0.323 e. The largest absolute Gasteiger partial charge is 0.493 e. The Bertz CT molecular complexity index is 475. The normalized spacial score (nSPS) is 13.5. The van der Waals surface area contributed by atoms with E-state index >= 15 is 0 Å².